The first-order valence-corrected chi connectivity index (χ1v) is 13.7. The van der Waals surface area contributed by atoms with Gasteiger partial charge in [-0.25, -0.2) is 5.20 Å². The van der Waals surface area contributed by atoms with Crippen LogP contribution in [-0.4, -0.2) is 39.1 Å². The number of rotatable bonds is 12. The molecule has 0 spiro atoms. The summed E-state index contributed by atoms with van der Waals surface area (Å²) >= 11 is 5.63. The van der Waals surface area contributed by atoms with E-state index in [0.717, 1.165) is 30.6 Å². The van der Waals surface area contributed by atoms with Crippen LogP contribution in [0.4, 0.5) is 0 Å². The molecule has 0 heterocycles. The van der Waals surface area contributed by atoms with Gasteiger partial charge in [-0.05, 0) is 67.9 Å². The predicted molar refractivity (Wildman–Crippen MR) is 137 cm³/mol. The van der Waals surface area contributed by atoms with E-state index in [1.807, 2.05) is 47.1 Å². The largest absolute Gasteiger partial charge is 0.471 e. The van der Waals surface area contributed by atoms with Gasteiger partial charge in [0.05, 0.1) is 6.21 Å². The molecule has 0 aliphatic heterocycles. The minimum Gasteiger partial charge on any atom is -0.471 e. The lowest BCUT2D eigenvalue weighted by atomic mass is 10.1. The SMILES string of the molecule is CCC(C)[PH](=S)N(C)/N=C/c1ccc(OC(CC)(CC)N(P)N(P)NP)cc1. The van der Waals surface area contributed by atoms with E-state index in [4.69, 9.17) is 16.5 Å². The number of ether oxygens (including phenoxy) is 1. The zero-order valence-corrected chi connectivity index (χ0v) is 22.7. The first-order chi connectivity index (χ1) is 13.2. The molecule has 1 aromatic rings. The van der Waals surface area contributed by atoms with Crippen molar-refractivity contribution in [1.82, 2.24) is 19.6 Å². The van der Waals surface area contributed by atoms with E-state index in [1.165, 1.54) is 0 Å². The van der Waals surface area contributed by atoms with Crippen molar-refractivity contribution in [2.45, 2.75) is 58.3 Å². The Morgan fingerprint density at radius 2 is 1.82 bits per heavy atom. The van der Waals surface area contributed by atoms with Crippen molar-refractivity contribution in [3.63, 3.8) is 0 Å². The molecule has 5 atom stereocenters. The lowest BCUT2D eigenvalue weighted by molar-refractivity contribution is -0.106. The van der Waals surface area contributed by atoms with E-state index in [9.17, 15) is 0 Å². The lowest BCUT2D eigenvalue weighted by Gasteiger charge is -2.43. The monoisotopic (exact) mass is 481 g/mol. The molecule has 0 amide bonds. The van der Waals surface area contributed by atoms with Gasteiger partial charge in [-0.1, -0.05) is 48.9 Å². The molecule has 0 bridgehead atoms. The molecule has 11 heteroatoms. The summed E-state index contributed by atoms with van der Waals surface area (Å²) in [4.78, 5) is 1.78. The van der Waals surface area contributed by atoms with Crippen LogP contribution < -0.4 is 9.93 Å². The number of benzene rings is 1. The number of hydrazone groups is 1. The highest BCUT2D eigenvalue weighted by atomic mass is 32.4. The molecule has 0 saturated carbocycles. The molecule has 28 heavy (non-hydrogen) atoms. The molecular weight excluding hydrogens is 446 g/mol. The second kappa shape index (κ2) is 12.9. The van der Waals surface area contributed by atoms with Gasteiger partial charge in [0.25, 0.3) is 0 Å². The molecule has 0 fully saturated rings. The second-order valence-electron chi connectivity index (χ2n) is 6.56. The third-order valence-corrected chi connectivity index (χ3v) is 10.8. The Labute approximate surface area is 183 Å². The van der Waals surface area contributed by atoms with E-state index < -0.39 is 12.6 Å². The van der Waals surface area contributed by atoms with E-state index in [0.29, 0.717) is 5.66 Å². The highest BCUT2D eigenvalue weighted by Crippen LogP contribution is 2.34. The summed E-state index contributed by atoms with van der Waals surface area (Å²) in [6.45, 7) is 7.55. The molecule has 0 radical (unpaired) electrons. The van der Waals surface area contributed by atoms with Crippen LogP contribution in [0.1, 0.15) is 52.5 Å². The molecule has 5 unspecified atom stereocenters. The van der Waals surface area contributed by atoms with Crippen molar-refractivity contribution < 1.29 is 4.74 Å². The standard InChI is InChI=1S/C17H35N5OP4S/c1-6-14(4)27(28)20(5)18-13-15-9-11-16(12-10-15)23-17(7-2,8-3)21(25)22(26)19-24/h9-14,19,27H,6-8,24-26H2,1-5H3/b18-13+. The summed E-state index contributed by atoms with van der Waals surface area (Å²) in [6.07, 6.45) is 4.59. The molecule has 0 saturated heterocycles. The van der Waals surface area contributed by atoms with Crippen LogP contribution in [0.15, 0.2) is 29.4 Å². The Bertz CT molecular complexity index is 645. The Morgan fingerprint density at radius 1 is 1.25 bits per heavy atom. The van der Waals surface area contributed by atoms with Gasteiger partial charge < -0.3 is 4.74 Å². The van der Waals surface area contributed by atoms with Gasteiger partial charge in [-0.15, -0.1) is 0 Å². The second-order valence-corrected chi connectivity index (χ2v) is 11.4. The molecular formula is C17H35N5OP4S. The molecule has 0 aliphatic carbocycles. The highest BCUT2D eigenvalue weighted by molar-refractivity contribution is 8.04. The van der Waals surface area contributed by atoms with E-state index in [2.05, 4.69) is 66.2 Å². The van der Waals surface area contributed by atoms with Crippen molar-refractivity contribution in [3.8, 4) is 5.75 Å². The molecule has 1 aromatic carbocycles. The number of hydrogen-bond donors (Lipinski definition) is 1. The van der Waals surface area contributed by atoms with Crippen LogP contribution >= 0.6 is 35.0 Å². The molecule has 6 nitrogen and oxygen atoms in total. The first kappa shape index (κ1) is 26.3. The fourth-order valence-electron chi connectivity index (χ4n) is 2.57. The molecule has 0 aliphatic rings. The Balaban J connectivity index is 2.88. The van der Waals surface area contributed by atoms with Crippen molar-refractivity contribution >= 4 is 53.0 Å². The average Bonchev–Trinajstić information content (AvgIpc) is 2.74. The van der Waals surface area contributed by atoms with Crippen LogP contribution in [0.2, 0.25) is 0 Å². The van der Waals surface area contributed by atoms with Crippen LogP contribution in [0.25, 0.3) is 0 Å². The van der Waals surface area contributed by atoms with Gasteiger partial charge >= 0.3 is 0 Å². The topological polar surface area (TPSA) is 43.3 Å². The maximum Gasteiger partial charge on any atom is 0.179 e. The fourth-order valence-corrected chi connectivity index (χ4v) is 5.32. The van der Waals surface area contributed by atoms with Crippen molar-refractivity contribution in [3.05, 3.63) is 29.8 Å². The minimum absolute atomic E-state index is 0.484. The van der Waals surface area contributed by atoms with Crippen molar-refractivity contribution in [2.75, 3.05) is 7.05 Å². The van der Waals surface area contributed by atoms with E-state index in [1.54, 1.807) is 4.89 Å². The van der Waals surface area contributed by atoms with E-state index in [-0.39, 0.29) is 0 Å². The predicted octanol–water partition coefficient (Wildman–Crippen LogP) is 4.63. The minimum atomic E-state index is -1.05. The molecule has 0 aromatic heterocycles. The van der Waals surface area contributed by atoms with Gasteiger partial charge in [0.2, 0.25) is 0 Å². The third-order valence-electron chi connectivity index (χ3n) is 4.81. The molecule has 160 valence electrons. The van der Waals surface area contributed by atoms with Crippen LogP contribution in [-0.2, 0) is 11.8 Å². The van der Waals surface area contributed by atoms with Crippen molar-refractivity contribution in [2.24, 2.45) is 5.10 Å². The summed E-state index contributed by atoms with van der Waals surface area (Å²) in [5.41, 5.74) is 1.06. The smallest absolute Gasteiger partial charge is 0.179 e. The van der Waals surface area contributed by atoms with Gasteiger partial charge in [0.15, 0.2) is 5.72 Å². The van der Waals surface area contributed by atoms with Gasteiger partial charge in [0.1, 0.15) is 5.75 Å². The summed E-state index contributed by atoms with van der Waals surface area (Å²) in [5, 5.41) is 7.53. The number of nitrogens with zero attached hydrogens (tertiary/aromatic N) is 4. The zero-order chi connectivity index (χ0) is 21.3. The Morgan fingerprint density at radius 3 is 2.29 bits per heavy atom. The summed E-state index contributed by atoms with van der Waals surface area (Å²) in [6, 6.07) is 7.99. The Hall–Kier alpha value is 0.310. The summed E-state index contributed by atoms with van der Waals surface area (Å²) in [5.74, 6) is 0.816. The maximum absolute atomic E-state index is 6.38. The maximum atomic E-state index is 6.38. The quantitative estimate of drug-likeness (QED) is 0.203. The van der Waals surface area contributed by atoms with Crippen LogP contribution in [0.3, 0.4) is 0 Å². The van der Waals surface area contributed by atoms with Crippen LogP contribution in [0.5, 0.6) is 5.75 Å². The Kier molecular flexibility index (Phi) is 12.1. The number of hydrogen-bond acceptors (Lipinski definition) is 6. The highest BCUT2D eigenvalue weighted by Gasteiger charge is 2.36. The average molecular weight is 481 g/mol. The lowest BCUT2D eigenvalue weighted by Crippen LogP contribution is -2.53. The van der Waals surface area contributed by atoms with Crippen LogP contribution in [0, 0.1) is 0 Å². The molecule has 1 rings (SSSR count). The summed E-state index contributed by atoms with van der Waals surface area (Å²) < 4.78 is 10.3. The van der Waals surface area contributed by atoms with Gasteiger partial charge in [-0.3, -0.25) is 4.78 Å². The van der Waals surface area contributed by atoms with Gasteiger partial charge in [-0.2, -0.15) is 14.8 Å². The fraction of sp³-hybridized carbons (Fsp3) is 0.588. The third kappa shape index (κ3) is 7.22. The molecule has 1 N–H and O–H groups in total. The normalized spacial score (nSPS) is 14.6. The first-order valence-electron chi connectivity index (χ1n) is 9.41. The number of nitrogens with one attached hydrogen (secondary N) is 1. The summed E-state index contributed by atoms with van der Waals surface area (Å²) in [7, 11) is 9.76. The number of hydrazine groups is 2. The van der Waals surface area contributed by atoms with Crippen molar-refractivity contribution in [1.29, 1.82) is 0 Å². The van der Waals surface area contributed by atoms with Gasteiger partial charge in [0, 0.05) is 19.6 Å². The van der Waals surface area contributed by atoms with E-state index >= 15 is 0 Å². The zero-order valence-electron chi connectivity index (χ0n) is 17.4.